The normalized spacial score (nSPS) is 11.0. The van der Waals surface area contributed by atoms with Gasteiger partial charge < -0.3 is 5.32 Å². The van der Waals surface area contributed by atoms with Gasteiger partial charge in [-0.3, -0.25) is 29.8 Å². The molecule has 0 bridgehead atoms. The summed E-state index contributed by atoms with van der Waals surface area (Å²) in [6, 6.07) is 11.1. The van der Waals surface area contributed by atoms with E-state index in [1.165, 1.54) is 19.1 Å². The van der Waals surface area contributed by atoms with Gasteiger partial charge >= 0.3 is 0 Å². The third-order valence-electron chi connectivity index (χ3n) is 4.77. The molecule has 0 saturated heterocycles. The number of benzene rings is 2. The number of hydrogen-bond donors (Lipinski definition) is 1. The summed E-state index contributed by atoms with van der Waals surface area (Å²) in [6.07, 6.45) is 1.54. The molecule has 0 spiro atoms. The maximum absolute atomic E-state index is 11.3. The third-order valence-corrected chi connectivity index (χ3v) is 4.77. The number of non-ortho nitro benzene ring substituents is 1. The summed E-state index contributed by atoms with van der Waals surface area (Å²) in [7, 11) is 0. The Labute approximate surface area is 180 Å². The van der Waals surface area contributed by atoms with Gasteiger partial charge in [0.05, 0.1) is 15.9 Å². The molecule has 2 aromatic rings. The van der Waals surface area contributed by atoms with Crippen LogP contribution in [0.2, 0.25) is 0 Å². The van der Waals surface area contributed by atoms with Crippen molar-refractivity contribution in [3.8, 4) is 0 Å². The van der Waals surface area contributed by atoms with Crippen molar-refractivity contribution in [1.29, 1.82) is 0 Å². The number of aryl methyl sites for hydroxylation is 1. The Kier molecular flexibility index (Phi) is 9.97. The van der Waals surface area contributed by atoms with Gasteiger partial charge in [0.25, 0.3) is 11.4 Å². The Bertz CT molecular complexity index is 958. The van der Waals surface area contributed by atoms with Crippen LogP contribution in [-0.2, 0) is 11.2 Å². The number of anilines is 1. The average molecular weight is 429 g/mol. The third kappa shape index (κ3) is 7.61. The van der Waals surface area contributed by atoms with Gasteiger partial charge in [-0.25, -0.2) is 0 Å². The number of Topliss-reactive ketones (excluding diaryl/α,β-unsaturated/α-hetero) is 2. The van der Waals surface area contributed by atoms with Crippen LogP contribution < -0.4 is 5.32 Å². The van der Waals surface area contributed by atoms with Crippen LogP contribution >= 0.6 is 0 Å². The van der Waals surface area contributed by atoms with Gasteiger partial charge in [-0.2, -0.15) is 0 Å². The van der Waals surface area contributed by atoms with Crippen LogP contribution in [0.25, 0.3) is 0 Å². The zero-order valence-electron chi connectivity index (χ0n) is 18.1. The highest BCUT2D eigenvalue weighted by molar-refractivity contribution is 5.95. The van der Waals surface area contributed by atoms with Gasteiger partial charge in [0.1, 0.15) is 11.5 Å². The topological polar surface area (TPSA) is 132 Å². The van der Waals surface area contributed by atoms with Crippen molar-refractivity contribution in [2.24, 2.45) is 5.92 Å². The van der Waals surface area contributed by atoms with E-state index in [0.29, 0.717) is 6.42 Å². The molecule has 0 aliphatic rings. The van der Waals surface area contributed by atoms with E-state index in [0.717, 1.165) is 23.6 Å². The van der Waals surface area contributed by atoms with E-state index >= 15 is 0 Å². The van der Waals surface area contributed by atoms with Crippen molar-refractivity contribution >= 4 is 28.6 Å². The molecule has 166 valence electrons. The standard InChI is InChI=1S/C12H15N3O5.C10H12O/c1-3-9(8(2)16)7-13-11-5-4-10(14(17)18)6-12(11)15(19)20;1-3-9-6-4-5-7-10(9)8(2)11/h4-6,9,13H,3,7H2,1-2H3;4-7H,3H2,1-2H3. The second-order valence-electron chi connectivity index (χ2n) is 6.88. The minimum atomic E-state index is -0.693. The molecule has 0 aliphatic heterocycles. The fourth-order valence-corrected chi connectivity index (χ4v) is 2.91. The molecule has 1 N–H and O–H groups in total. The number of nitro benzene ring substituents is 2. The molecule has 31 heavy (non-hydrogen) atoms. The van der Waals surface area contributed by atoms with Gasteiger partial charge in [-0.15, -0.1) is 0 Å². The van der Waals surface area contributed by atoms with Crippen molar-refractivity contribution < 1.29 is 19.4 Å². The molecule has 2 aromatic carbocycles. The zero-order valence-corrected chi connectivity index (χ0v) is 18.1. The summed E-state index contributed by atoms with van der Waals surface area (Å²) < 4.78 is 0. The van der Waals surface area contributed by atoms with Crippen LogP contribution in [0, 0.1) is 26.1 Å². The maximum Gasteiger partial charge on any atom is 0.299 e. The Morgan fingerprint density at radius 3 is 2.10 bits per heavy atom. The second kappa shape index (κ2) is 12.2. The first-order valence-electron chi connectivity index (χ1n) is 9.88. The molecule has 2 rings (SSSR count). The van der Waals surface area contributed by atoms with Crippen molar-refractivity contribution in [3.05, 3.63) is 73.8 Å². The summed E-state index contributed by atoms with van der Waals surface area (Å²) in [5, 5.41) is 24.3. The van der Waals surface area contributed by atoms with Crippen LogP contribution in [0.15, 0.2) is 42.5 Å². The number of carbonyl (C=O) groups is 2. The highest BCUT2D eigenvalue weighted by atomic mass is 16.6. The van der Waals surface area contributed by atoms with Gasteiger partial charge in [-0.05, 0) is 38.3 Å². The monoisotopic (exact) mass is 429 g/mol. The first-order valence-corrected chi connectivity index (χ1v) is 9.88. The molecule has 9 heteroatoms. The lowest BCUT2D eigenvalue weighted by molar-refractivity contribution is -0.393. The fraction of sp³-hybridized carbons (Fsp3) is 0.364. The summed E-state index contributed by atoms with van der Waals surface area (Å²) in [6.45, 7) is 7.22. The number of rotatable bonds is 9. The molecular formula is C22H27N3O6. The molecule has 9 nitrogen and oxygen atoms in total. The molecule has 0 fully saturated rings. The first-order chi connectivity index (χ1) is 14.6. The number of nitro groups is 2. The van der Waals surface area contributed by atoms with Crippen molar-refractivity contribution in [1.82, 2.24) is 0 Å². The molecule has 1 unspecified atom stereocenters. The Morgan fingerprint density at radius 1 is 1.00 bits per heavy atom. The summed E-state index contributed by atoms with van der Waals surface area (Å²) in [5.74, 6) is -0.100. The summed E-state index contributed by atoms with van der Waals surface area (Å²) in [4.78, 5) is 42.5. The molecular weight excluding hydrogens is 402 g/mol. The highest BCUT2D eigenvalue weighted by Crippen LogP contribution is 2.29. The number of hydrogen-bond acceptors (Lipinski definition) is 7. The van der Waals surface area contributed by atoms with Gasteiger partial charge in [0.2, 0.25) is 0 Å². The van der Waals surface area contributed by atoms with Gasteiger partial charge in [-0.1, -0.05) is 38.1 Å². The van der Waals surface area contributed by atoms with Crippen LogP contribution in [0.3, 0.4) is 0 Å². The minimum Gasteiger partial charge on any atom is -0.379 e. The van der Waals surface area contributed by atoms with Crippen molar-refractivity contribution in [3.63, 3.8) is 0 Å². The lowest BCUT2D eigenvalue weighted by Gasteiger charge is -2.13. The van der Waals surface area contributed by atoms with E-state index in [1.807, 2.05) is 31.2 Å². The zero-order chi connectivity index (χ0) is 23.6. The molecule has 0 amide bonds. The van der Waals surface area contributed by atoms with E-state index in [2.05, 4.69) is 12.2 Å². The van der Waals surface area contributed by atoms with Crippen LogP contribution in [0.1, 0.15) is 50.0 Å². The van der Waals surface area contributed by atoms with Crippen molar-refractivity contribution in [2.75, 3.05) is 11.9 Å². The molecule has 0 aliphatic carbocycles. The average Bonchev–Trinajstić information content (AvgIpc) is 2.74. The van der Waals surface area contributed by atoms with E-state index in [-0.39, 0.29) is 41.1 Å². The van der Waals surface area contributed by atoms with Gasteiger partial charge in [0, 0.05) is 24.1 Å². The molecule has 0 aromatic heterocycles. The first kappa shape index (κ1) is 25.4. The van der Waals surface area contributed by atoms with Crippen LogP contribution in [-0.4, -0.2) is 28.0 Å². The second-order valence-corrected chi connectivity index (χ2v) is 6.88. The summed E-state index contributed by atoms with van der Waals surface area (Å²) >= 11 is 0. The Hall–Kier alpha value is -3.62. The fourth-order valence-electron chi connectivity index (χ4n) is 2.91. The number of nitrogens with one attached hydrogen (secondary N) is 1. The Balaban J connectivity index is 0.000000367. The van der Waals surface area contributed by atoms with Crippen molar-refractivity contribution in [2.45, 2.75) is 40.5 Å². The lowest BCUT2D eigenvalue weighted by atomic mass is 10.0. The Morgan fingerprint density at radius 2 is 1.65 bits per heavy atom. The lowest BCUT2D eigenvalue weighted by Crippen LogP contribution is -2.20. The van der Waals surface area contributed by atoms with Gasteiger partial charge in [0.15, 0.2) is 5.78 Å². The number of nitrogens with zero attached hydrogens (tertiary/aromatic N) is 2. The number of carbonyl (C=O) groups excluding carboxylic acids is 2. The van der Waals surface area contributed by atoms with Crippen LogP contribution in [0.5, 0.6) is 0 Å². The van der Waals surface area contributed by atoms with E-state index in [1.54, 1.807) is 6.92 Å². The molecule has 0 heterocycles. The van der Waals surface area contributed by atoms with E-state index in [9.17, 15) is 29.8 Å². The molecule has 1 atom stereocenters. The van der Waals surface area contributed by atoms with E-state index < -0.39 is 9.85 Å². The predicted molar refractivity (Wildman–Crippen MR) is 119 cm³/mol. The maximum atomic E-state index is 11.3. The quantitative estimate of drug-likeness (QED) is 0.337. The number of ketones is 2. The van der Waals surface area contributed by atoms with Crippen LogP contribution in [0.4, 0.5) is 17.1 Å². The summed E-state index contributed by atoms with van der Waals surface area (Å²) in [5.41, 5.74) is 1.44. The predicted octanol–water partition coefficient (Wildman–Crippen LogP) is 4.98. The SMILES string of the molecule is CCC(CNc1ccc([N+](=O)[O-])cc1[N+](=O)[O-])C(C)=O.CCc1ccccc1C(C)=O. The molecule has 0 saturated carbocycles. The minimum absolute atomic E-state index is 0.00966. The largest absolute Gasteiger partial charge is 0.379 e. The molecule has 0 radical (unpaired) electrons. The van der Waals surface area contributed by atoms with E-state index in [4.69, 9.17) is 0 Å². The smallest absolute Gasteiger partial charge is 0.299 e. The highest BCUT2D eigenvalue weighted by Gasteiger charge is 2.20.